The van der Waals surface area contributed by atoms with E-state index in [9.17, 15) is 0 Å². The molecule has 0 saturated heterocycles. The molecule has 16 heavy (non-hydrogen) atoms. The molecule has 2 aromatic rings. The molecule has 0 aliphatic rings. The summed E-state index contributed by atoms with van der Waals surface area (Å²) in [5.74, 6) is 0. The topological polar surface area (TPSA) is 25.8 Å². The summed E-state index contributed by atoms with van der Waals surface area (Å²) in [7, 11) is 0. The Bertz CT molecular complexity index is 510. The molecule has 0 saturated carbocycles. The van der Waals surface area contributed by atoms with Crippen LogP contribution >= 0.6 is 0 Å². The summed E-state index contributed by atoms with van der Waals surface area (Å²) in [6.45, 7) is 8.86. The Morgan fingerprint density at radius 1 is 1.19 bits per heavy atom. The number of nitrogens with zero attached hydrogens (tertiary/aromatic N) is 2. The van der Waals surface area contributed by atoms with Gasteiger partial charge < -0.3 is 0 Å². The highest BCUT2D eigenvalue weighted by Crippen LogP contribution is 2.31. The third-order valence-corrected chi connectivity index (χ3v) is 2.83. The van der Waals surface area contributed by atoms with E-state index in [1.54, 1.807) is 0 Å². The molecule has 2 heteroatoms. The van der Waals surface area contributed by atoms with Gasteiger partial charge in [0.2, 0.25) is 0 Å². The Hall–Kier alpha value is -1.44. The maximum Gasteiger partial charge on any atom is 0.0926 e. The summed E-state index contributed by atoms with van der Waals surface area (Å²) in [5, 5.41) is 0. The van der Waals surface area contributed by atoms with Crippen LogP contribution in [0.3, 0.4) is 0 Å². The molecule has 2 rings (SSSR count). The van der Waals surface area contributed by atoms with Crippen molar-refractivity contribution in [3.63, 3.8) is 0 Å². The van der Waals surface area contributed by atoms with Crippen molar-refractivity contribution in [1.82, 2.24) is 9.97 Å². The highest BCUT2D eigenvalue weighted by molar-refractivity contribution is 5.79. The van der Waals surface area contributed by atoms with Gasteiger partial charge >= 0.3 is 0 Å². The molecule has 0 radical (unpaired) electrons. The number of hydrogen-bond donors (Lipinski definition) is 0. The zero-order valence-corrected chi connectivity index (χ0v) is 10.4. The molecule has 0 unspecified atom stereocenters. The van der Waals surface area contributed by atoms with Crippen LogP contribution in [0.4, 0.5) is 0 Å². The lowest BCUT2D eigenvalue weighted by molar-refractivity contribution is 0.587. The molecule has 0 N–H and O–H groups in total. The van der Waals surface area contributed by atoms with E-state index in [4.69, 9.17) is 0 Å². The van der Waals surface area contributed by atoms with Crippen molar-refractivity contribution in [3.05, 3.63) is 35.7 Å². The zero-order chi connectivity index (χ0) is 11.8. The smallest absolute Gasteiger partial charge is 0.0926 e. The van der Waals surface area contributed by atoms with Crippen molar-refractivity contribution < 1.29 is 0 Å². The van der Waals surface area contributed by atoms with Crippen LogP contribution in [0.25, 0.3) is 11.0 Å². The minimum absolute atomic E-state index is 0.112. The van der Waals surface area contributed by atoms with E-state index in [2.05, 4.69) is 37.7 Å². The summed E-state index contributed by atoms with van der Waals surface area (Å²) in [5.41, 5.74) is 4.79. The third kappa shape index (κ3) is 1.80. The molecule has 0 aromatic carbocycles. The maximum atomic E-state index is 4.49. The summed E-state index contributed by atoms with van der Waals surface area (Å²) in [4.78, 5) is 8.96. The van der Waals surface area contributed by atoms with E-state index in [1.807, 2.05) is 24.5 Å². The van der Waals surface area contributed by atoms with Gasteiger partial charge in [-0.05, 0) is 35.1 Å². The fraction of sp³-hybridized carbons (Fsp3) is 0.429. The summed E-state index contributed by atoms with van der Waals surface area (Å²) >= 11 is 0. The quantitative estimate of drug-likeness (QED) is 0.726. The van der Waals surface area contributed by atoms with Crippen molar-refractivity contribution >= 4 is 11.0 Å². The van der Waals surface area contributed by atoms with Gasteiger partial charge in [0, 0.05) is 12.4 Å². The normalized spacial score (nSPS) is 12.0. The van der Waals surface area contributed by atoms with Gasteiger partial charge in [0.15, 0.2) is 0 Å². The van der Waals surface area contributed by atoms with Crippen molar-refractivity contribution in [1.29, 1.82) is 0 Å². The molecule has 0 amide bonds. The molecule has 0 aliphatic heterocycles. The van der Waals surface area contributed by atoms with Gasteiger partial charge in [-0.2, -0.15) is 0 Å². The van der Waals surface area contributed by atoms with Crippen LogP contribution in [0, 0.1) is 0 Å². The van der Waals surface area contributed by atoms with Gasteiger partial charge in [-0.1, -0.05) is 27.7 Å². The second-order valence-corrected chi connectivity index (χ2v) is 5.13. The number of aryl methyl sites for hydroxylation is 1. The molecule has 0 aliphatic carbocycles. The van der Waals surface area contributed by atoms with E-state index in [1.165, 1.54) is 11.1 Å². The van der Waals surface area contributed by atoms with Crippen LogP contribution in [-0.2, 0) is 11.8 Å². The summed E-state index contributed by atoms with van der Waals surface area (Å²) in [6, 6.07) is 3.96. The minimum Gasteiger partial charge on any atom is -0.254 e. The van der Waals surface area contributed by atoms with Gasteiger partial charge in [0.1, 0.15) is 0 Å². The molecular weight excluding hydrogens is 196 g/mol. The van der Waals surface area contributed by atoms with Crippen LogP contribution in [0.1, 0.15) is 38.8 Å². The largest absolute Gasteiger partial charge is 0.254 e. The standard InChI is InChI=1S/C14H18N2/c1-5-10-9-16-11-7-6-8-15-13(11)12(10)14(2,3)4/h6-9H,5H2,1-4H3. The number of fused-ring (bicyclic) bond motifs is 1. The van der Waals surface area contributed by atoms with Crippen LogP contribution in [0.2, 0.25) is 0 Å². The van der Waals surface area contributed by atoms with E-state index < -0.39 is 0 Å². The lowest BCUT2D eigenvalue weighted by atomic mass is 9.83. The second kappa shape index (κ2) is 3.85. The SMILES string of the molecule is CCc1cnc2cccnc2c1C(C)(C)C. The van der Waals surface area contributed by atoms with Gasteiger partial charge in [-0.25, -0.2) is 0 Å². The van der Waals surface area contributed by atoms with E-state index >= 15 is 0 Å². The predicted octanol–water partition coefficient (Wildman–Crippen LogP) is 3.49. The highest BCUT2D eigenvalue weighted by atomic mass is 14.7. The average Bonchev–Trinajstić information content (AvgIpc) is 2.26. The first-order valence-electron chi connectivity index (χ1n) is 5.77. The Kier molecular flexibility index (Phi) is 2.66. The van der Waals surface area contributed by atoms with Gasteiger partial charge in [0.05, 0.1) is 11.0 Å². The highest BCUT2D eigenvalue weighted by Gasteiger charge is 2.21. The molecule has 2 aromatic heterocycles. The van der Waals surface area contributed by atoms with Crippen LogP contribution in [-0.4, -0.2) is 9.97 Å². The first-order chi connectivity index (χ1) is 7.54. The van der Waals surface area contributed by atoms with Gasteiger partial charge in [0.25, 0.3) is 0 Å². The lowest BCUT2D eigenvalue weighted by Gasteiger charge is -2.23. The predicted molar refractivity (Wildman–Crippen MR) is 67.6 cm³/mol. The maximum absolute atomic E-state index is 4.49. The first-order valence-corrected chi connectivity index (χ1v) is 5.77. The van der Waals surface area contributed by atoms with E-state index in [-0.39, 0.29) is 5.41 Å². The van der Waals surface area contributed by atoms with Crippen molar-refractivity contribution in [2.75, 3.05) is 0 Å². The van der Waals surface area contributed by atoms with Gasteiger partial charge in [-0.3, -0.25) is 9.97 Å². The number of aromatic nitrogens is 2. The number of hydrogen-bond acceptors (Lipinski definition) is 2. The fourth-order valence-corrected chi connectivity index (χ4v) is 2.16. The fourth-order valence-electron chi connectivity index (χ4n) is 2.16. The zero-order valence-electron chi connectivity index (χ0n) is 10.4. The van der Waals surface area contributed by atoms with Crippen molar-refractivity contribution in [2.24, 2.45) is 0 Å². The number of rotatable bonds is 1. The van der Waals surface area contributed by atoms with Crippen LogP contribution in [0.15, 0.2) is 24.5 Å². The molecule has 0 bridgehead atoms. The minimum atomic E-state index is 0.112. The molecule has 2 heterocycles. The summed E-state index contributed by atoms with van der Waals surface area (Å²) in [6.07, 6.45) is 4.84. The lowest BCUT2D eigenvalue weighted by Crippen LogP contribution is -2.15. The molecular formula is C14H18N2. The van der Waals surface area contributed by atoms with Gasteiger partial charge in [-0.15, -0.1) is 0 Å². The Morgan fingerprint density at radius 2 is 1.94 bits per heavy atom. The molecule has 0 spiro atoms. The first kappa shape index (κ1) is 11.1. The molecule has 84 valence electrons. The van der Waals surface area contributed by atoms with E-state index in [0.717, 1.165) is 17.5 Å². The van der Waals surface area contributed by atoms with Crippen molar-refractivity contribution in [2.45, 2.75) is 39.5 Å². The monoisotopic (exact) mass is 214 g/mol. The van der Waals surface area contributed by atoms with E-state index in [0.29, 0.717) is 0 Å². The molecule has 0 atom stereocenters. The van der Waals surface area contributed by atoms with Crippen LogP contribution in [0.5, 0.6) is 0 Å². The Balaban J connectivity index is 2.84. The number of pyridine rings is 2. The Labute approximate surface area is 96.7 Å². The molecule has 0 fully saturated rings. The average molecular weight is 214 g/mol. The molecule has 2 nitrogen and oxygen atoms in total. The van der Waals surface area contributed by atoms with Crippen LogP contribution < -0.4 is 0 Å². The second-order valence-electron chi connectivity index (χ2n) is 5.13. The third-order valence-electron chi connectivity index (χ3n) is 2.83. The summed E-state index contributed by atoms with van der Waals surface area (Å²) < 4.78 is 0. The van der Waals surface area contributed by atoms with Crippen molar-refractivity contribution in [3.8, 4) is 0 Å². The Morgan fingerprint density at radius 3 is 2.56 bits per heavy atom.